The molecule has 0 saturated carbocycles. The van der Waals surface area contributed by atoms with Crippen LogP contribution in [-0.2, 0) is 0 Å². The van der Waals surface area contributed by atoms with Crippen LogP contribution in [0.5, 0.6) is 0 Å². The summed E-state index contributed by atoms with van der Waals surface area (Å²) in [4.78, 5) is 1.28. The Labute approximate surface area is 146 Å². The van der Waals surface area contributed by atoms with Crippen LogP contribution in [0.3, 0.4) is 0 Å². The van der Waals surface area contributed by atoms with Crippen molar-refractivity contribution in [1.29, 1.82) is 0 Å². The first kappa shape index (κ1) is 16.5. The van der Waals surface area contributed by atoms with Gasteiger partial charge in [-0.25, -0.2) is 0 Å². The lowest BCUT2D eigenvalue weighted by molar-refractivity contribution is 0.605. The molecule has 0 saturated heterocycles. The van der Waals surface area contributed by atoms with E-state index in [1.807, 2.05) is 12.1 Å². The topological polar surface area (TPSA) is 12.0 Å². The van der Waals surface area contributed by atoms with Gasteiger partial charge in [0.15, 0.2) is 0 Å². The second kappa shape index (κ2) is 7.41. The van der Waals surface area contributed by atoms with Gasteiger partial charge in [-0.15, -0.1) is 11.3 Å². The smallest absolute Gasteiger partial charge is 0.0731 e. The summed E-state index contributed by atoms with van der Waals surface area (Å²) in [5.41, 5.74) is 2.38. The standard InChI is InChI=1S/C15H16Br2ClNS/c1-3-6-19-14(13-7-9(2)15(17)20-13)11-8-10(16)4-5-12(11)18/h4-5,7-8,14,19H,3,6H2,1-2H3. The van der Waals surface area contributed by atoms with Gasteiger partial charge in [-0.2, -0.15) is 0 Å². The van der Waals surface area contributed by atoms with E-state index >= 15 is 0 Å². The molecule has 1 heterocycles. The summed E-state index contributed by atoms with van der Waals surface area (Å²) < 4.78 is 2.23. The lowest BCUT2D eigenvalue weighted by Crippen LogP contribution is -2.22. The van der Waals surface area contributed by atoms with Crippen molar-refractivity contribution < 1.29 is 0 Å². The van der Waals surface area contributed by atoms with Crippen molar-refractivity contribution in [3.8, 4) is 0 Å². The van der Waals surface area contributed by atoms with E-state index < -0.39 is 0 Å². The minimum atomic E-state index is 0.134. The van der Waals surface area contributed by atoms with Gasteiger partial charge in [-0.05, 0) is 71.2 Å². The van der Waals surface area contributed by atoms with Gasteiger partial charge in [-0.1, -0.05) is 34.5 Å². The number of benzene rings is 1. The average Bonchev–Trinajstić information content (AvgIpc) is 2.74. The highest BCUT2D eigenvalue weighted by Crippen LogP contribution is 2.37. The molecular weight excluding hydrogens is 422 g/mol. The third-order valence-corrected chi connectivity index (χ3v) is 6.07. The molecule has 108 valence electrons. The molecule has 2 aromatic rings. The third-order valence-electron chi connectivity index (χ3n) is 3.03. The zero-order valence-electron chi connectivity index (χ0n) is 11.3. The maximum absolute atomic E-state index is 6.40. The quantitative estimate of drug-likeness (QED) is 0.577. The molecule has 0 amide bonds. The van der Waals surface area contributed by atoms with Gasteiger partial charge in [0, 0.05) is 14.4 Å². The molecule has 0 aliphatic rings. The van der Waals surface area contributed by atoms with E-state index in [0.29, 0.717) is 0 Å². The summed E-state index contributed by atoms with van der Waals surface area (Å²) in [7, 11) is 0. The summed E-state index contributed by atoms with van der Waals surface area (Å²) in [6.45, 7) is 5.24. The Morgan fingerprint density at radius 3 is 2.65 bits per heavy atom. The van der Waals surface area contributed by atoms with E-state index in [-0.39, 0.29) is 6.04 Å². The van der Waals surface area contributed by atoms with E-state index in [0.717, 1.165) is 28.0 Å². The summed E-state index contributed by atoms with van der Waals surface area (Å²) in [5, 5.41) is 4.39. The van der Waals surface area contributed by atoms with Crippen LogP contribution >= 0.6 is 54.8 Å². The molecule has 1 atom stereocenters. The lowest BCUT2D eigenvalue weighted by Gasteiger charge is -2.19. The van der Waals surface area contributed by atoms with Crippen molar-refractivity contribution in [3.05, 3.63) is 53.6 Å². The number of thiophene rings is 1. The molecule has 20 heavy (non-hydrogen) atoms. The van der Waals surface area contributed by atoms with Crippen molar-refractivity contribution in [2.24, 2.45) is 0 Å². The van der Waals surface area contributed by atoms with Gasteiger partial charge in [0.05, 0.1) is 9.83 Å². The van der Waals surface area contributed by atoms with Crippen molar-refractivity contribution in [1.82, 2.24) is 5.32 Å². The second-order valence-electron chi connectivity index (χ2n) is 4.66. The Kier molecular flexibility index (Phi) is 6.11. The number of hydrogen-bond donors (Lipinski definition) is 1. The monoisotopic (exact) mass is 435 g/mol. The Morgan fingerprint density at radius 2 is 2.05 bits per heavy atom. The predicted octanol–water partition coefficient (Wildman–Crippen LogP) is 6.32. The summed E-state index contributed by atoms with van der Waals surface area (Å²) in [6, 6.07) is 8.36. The third kappa shape index (κ3) is 3.86. The number of rotatable bonds is 5. The van der Waals surface area contributed by atoms with Crippen LogP contribution in [0.2, 0.25) is 5.02 Å². The first-order chi connectivity index (χ1) is 9.52. The molecule has 1 aromatic heterocycles. The highest BCUT2D eigenvalue weighted by atomic mass is 79.9. The van der Waals surface area contributed by atoms with Crippen molar-refractivity contribution in [3.63, 3.8) is 0 Å². The Morgan fingerprint density at radius 1 is 1.30 bits per heavy atom. The number of nitrogens with one attached hydrogen (secondary N) is 1. The molecule has 1 unspecified atom stereocenters. The van der Waals surface area contributed by atoms with E-state index in [2.05, 4.69) is 63.2 Å². The molecule has 5 heteroatoms. The van der Waals surface area contributed by atoms with Crippen LogP contribution in [0, 0.1) is 6.92 Å². The molecule has 0 fully saturated rings. The lowest BCUT2D eigenvalue weighted by atomic mass is 10.0. The van der Waals surface area contributed by atoms with Crippen molar-refractivity contribution >= 4 is 54.8 Å². The molecule has 1 nitrogen and oxygen atoms in total. The molecule has 1 N–H and O–H groups in total. The fraction of sp³-hybridized carbons (Fsp3) is 0.333. The molecule has 2 rings (SSSR count). The fourth-order valence-corrected chi connectivity index (χ4v) is 4.29. The van der Waals surface area contributed by atoms with Gasteiger partial charge in [0.1, 0.15) is 0 Å². The first-order valence-electron chi connectivity index (χ1n) is 6.47. The maximum Gasteiger partial charge on any atom is 0.0731 e. The molecular formula is C15H16Br2ClNS. The van der Waals surface area contributed by atoms with E-state index in [9.17, 15) is 0 Å². The number of halogens is 3. The van der Waals surface area contributed by atoms with E-state index in [4.69, 9.17) is 11.6 Å². The molecule has 0 bridgehead atoms. The predicted molar refractivity (Wildman–Crippen MR) is 96.0 cm³/mol. The Bertz CT molecular complexity index is 578. The van der Waals surface area contributed by atoms with Crippen LogP contribution < -0.4 is 5.32 Å². The first-order valence-corrected chi connectivity index (χ1v) is 9.25. The van der Waals surface area contributed by atoms with Crippen molar-refractivity contribution in [2.75, 3.05) is 6.54 Å². The van der Waals surface area contributed by atoms with Gasteiger partial charge in [-0.3, -0.25) is 0 Å². The van der Waals surface area contributed by atoms with Gasteiger partial charge in [0.25, 0.3) is 0 Å². The summed E-state index contributed by atoms with van der Waals surface area (Å²) in [6.07, 6.45) is 1.09. The zero-order valence-corrected chi connectivity index (χ0v) is 16.1. The highest BCUT2D eigenvalue weighted by Gasteiger charge is 2.19. The summed E-state index contributed by atoms with van der Waals surface area (Å²) >= 11 is 15.3. The average molecular weight is 438 g/mol. The fourth-order valence-electron chi connectivity index (χ4n) is 2.01. The Balaban J connectivity index is 2.43. The highest BCUT2D eigenvalue weighted by molar-refractivity contribution is 9.11. The zero-order chi connectivity index (χ0) is 14.7. The second-order valence-corrected chi connectivity index (χ2v) is 8.38. The molecule has 0 aliphatic carbocycles. The molecule has 0 aliphatic heterocycles. The Hall–Kier alpha value is 0.130. The minimum absolute atomic E-state index is 0.134. The van der Waals surface area contributed by atoms with Crippen LogP contribution in [-0.4, -0.2) is 6.54 Å². The summed E-state index contributed by atoms with van der Waals surface area (Å²) in [5.74, 6) is 0. The molecule has 1 aromatic carbocycles. The van der Waals surface area contributed by atoms with Crippen LogP contribution in [0.25, 0.3) is 0 Å². The van der Waals surface area contributed by atoms with Crippen LogP contribution in [0.1, 0.15) is 35.4 Å². The van der Waals surface area contributed by atoms with Crippen LogP contribution in [0.4, 0.5) is 0 Å². The number of aryl methyl sites for hydroxylation is 1. The SMILES string of the molecule is CCCNC(c1cc(C)c(Br)s1)c1cc(Br)ccc1Cl. The van der Waals surface area contributed by atoms with Crippen molar-refractivity contribution in [2.45, 2.75) is 26.3 Å². The van der Waals surface area contributed by atoms with Gasteiger partial charge < -0.3 is 5.32 Å². The van der Waals surface area contributed by atoms with E-state index in [1.54, 1.807) is 11.3 Å². The normalized spacial score (nSPS) is 12.7. The molecule has 0 spiro atoms. The molecule has 0 radical (unpaired) electrons. The van der Waals surface area contributed by atoms with Gasteiger partial charge in [0.2, 0.25) is 0 Å². The largest absolute Gasteiger partial charge is 0.306 e. The maximum atomic E-state index is 6.40. The minimum Gasteiger partial charge on any atom is -0.306 e. The van der Waals surface area contributed by atoms with Crippen LogP contribution in [0.15, 0.2) is 32.5 Å². The number of hydrogen-bond acceptors (Lipinski definition) is 2. The van der Waals surface area contributed by atoms with E-state index in [1.165, 1.54) is 14.2 Å². The van der Waals surface area contributed by atoms with Gasteiger partial charge >= 0.3 is 0 Å².